The molecular formula is C13H12N4O4S4. The second kappa shape index (κ2) is 6.78. The van der Waals surface area contributed by atoms with Gasteiger partial charge in [-0.25, -0.2) is 26.1 Å². The van der Waals surface area contributed by atoms with Crippen molar-refractivity contribution in [1.82, 2.24) is 15.2 Å². The Morgan fingerprint density at radius 3 is 2.36 bits per heavy atom. The van der Waals surface area contributed by atoms with Gasteiger partial charge in [0.1, 0.15) is 5.01 Å². The molecule has 2 heterocycles. The van der Waals surface area contributed by atoms with E-state index < -0.39 is 19.9 Å². The van der Waals surface area contributed by atoms with Gasteiger partial charge in [-0.2, -0.15) is 0 Å². The van der Waals surface area contributed by atoms with Gasteiger partial charge in [-0.3, -0.25) is 0 Å². The average molecular weight is 417 g/mol. The molecule has 0 radical (unpaired) electrons. The maximum atomic E-state index is 13.0. The Morgan fingerprint density at radius 2 is 1.80 bits per heavy atom. The first kappa shape index (κ1) is 17.9. The third kappa shape index (κ3) is 3.86. The van der Waals surface area contributed by atoms with Gasteiger partial charge < -0.3 is 0 Å². The zero-order valence-electron chi connectivity index (χ0n) is 12.8. The summed E-state index contributed by atoms with van der Waals surface area (Å²) in [6.07, 6.45) is 2.52. The fourth-order valence-electron chi connectivity index (χ4n) is 1.89. The molecule has 3 rings (SSSR count). The minimum atomic E-state index is -3.88. The number of anilines is 1. The minimum Gasteiger partial charge on any atom is -0.234 e. The predicted molar refractivity (Wildman–Crippen MR) is 94.9 cm³/mol. The molecule has 0 aliphatic carbocycles. The van der Waals surface area contributed by atoms with Crippen molar-refractivity contribution in [2.75, 3.05) is 10.6 Å². The van der Waals surface area contributed by atoms with Crippen LogP contribution in [0.25, 0.3) is 0 Å². The van der Waals surface area contributed by atoms with Crippen molar-refractivity contribution < 1.29 is 16.8 Å². The van der Waals surface area contributed by atoms with Gasteiger partial charge in [0.2, 0.25) is 14.2 Å². The molecule has 0 unspecified atom stereocenters. The van der Waals surface area contributed by atoms with Crippen molar-refractivity contribution in [3.8, 4) is 0 Å². The van der Waals surface area contributed by atoms with Gasteiger partial charge in [0.25, 0.3) is 10.0 Å². The van der Waals surface area contributed by atoms with E-state index in [2.05, 4.69) is 15.2 Å². The number of hydrogen-bond acceptors (Lipinski definition) is 9. The molecule has 0 amide bonds. The topological polar surface area (TPSA) is 110 Å². The smallest absolute Gasteiger partial charge is 0.234 e. The van der Waals surface area contributed by atoms with E-state index in [0.717, 1.165) is 33.2 Å². The van der Waals surface area contributed by atoms with E-state index in [1.165, 1.54) is 18.3 Å². The summed E-state index contributed by atoms with van der Waals surface area (Å²) in [5.74, 6) is 0. The molecule has 1 aromatic carbocycles. The van der Waals surface area contributed by atoms with Crippen molar-refractivity contribution in [3.05, 3.63) is 46.9 Å². The normalized spacial score (nSPS) is 12.2. The second-order valence-corrected chi connectivity index (χ2v) is 10.9. The van der Waals surface area contributed by atoms with Gasteiger partial charge >= 0.3 is 0 Å². The molecule has 0 fully saturated rings. The number of aromatic nitrogens is 3. The van der Waals surface area contributed by atoms with E-state index in [9.17, 15) is 16.8 Å². The lowest BCUT2D eigenvalue weighted by Gasteiger charge is -2.20. The number of sulfonamides is 1. The van der Waals surface area contributed by atoms with E-state index in [0.29, 0.717) is 0 Å². The highest BCUT2D eigenvalue weighted by atomic mass is 32.2. The van der Waals surface area contributed by atoms with Crippen LogP contribution in [0.2, 0.25) is 0 Å². The van der Waals surface area contributed by atoms with Crippen LogP contribution >= 0.6 is 22.7 Å². The van der Waals surface area contributed by atoms with Crippen LogP contribution < -0.4 is 4.31 Å². The zero-order valence-corrected chi connectivity index (χ0v) is 16.1. The number of nitrogens with zero attached hydrogens (tertiary/aromatic N) is 4. The molecule has 0 saturated carbocycles. The summed E-state index contributed by atoms with van der Waals surface area (Å²) in [7, 11) is -7.37. The van der Waals surface area contributed by atoms with Gasteiger partial charge in [-0.1, -0.05) is 29.5 Å². The monoisotopic (exact) mass is 416 g/mol. The van der Waals surface area contributed by atoms with Crippen LogP contribution in [0.15, 0.2) is 51.1 Å². The van der Waals surface area contributed by atoms with Crippen molar-refractivity contribution in [2.45, 2.75) is 15.8 Å². The maximum absolute atomic E-state index is 13.0. The molecule has 0 aliphatic heterocycles. The van der Waals surface area contributed by atoms with E-state index in [1.807, 2.05) is 0 Å². The predicted octanol–water partition coefficient (Wildman–Crippen LogP) is 1.79. The summed E-state index contributed by atoms with van der Waals surface area (Å²) in [5, 5.41) is 9.60. The Bertz CT molecular complexity index is 1060. The summed E-state index contributed by atoms with van der Waals surface area (Å²) in [5.41, 5.74) is 0. The Kier molecular flexibility index (Phi) is 4.86. The van der Waals surface area contributed by atoms with E-state index in [1.54, 1.807) is 23.6 Å². The third-order valence-corrected chi connectivity index (χ3v) is 8.25. The van der Waals surface area contributed by atoms with Crippen LogP contribution in [-0.4, -0.2) is 38.3 Å². The summed E-state index contributed by atoms with van der Waals surface area (Å²) in [6.45, 7) is -0.155. The summed E-state index contributed by atoms with van der Waals surface area (Å²) >= 11 is 2.00. The summed E-state index contributed by atoms with van der Waals surface area (Å²) in [6, 6.07) is 7.94. The van der Waals surface area contributed by atoms with Gasteiger partial charge in [-0.15, -0.1) is 21.5 Å². The van der Waals surface area contributed by atoms with Gasteiger partial charge in [0.05, 0.1) is 11.4 Å². The van der Waals surface area contributed by atoms with Crippen molar-refractivity contribution in [2.24, 2.45) is 0 Å². The standard InChI is InChI=1S/C13H12N4O4S4/c1-24(18,19)13-16-15-11(23-13)9-17(12-14-7-8-22-12)25(20,21)10-5-3-2-4-6-10/h2-8H,9H2,1H3. The molecule has 8 nitrogen and oxygen atoms in total. The Labute approximate surface area is 152 Å². The highest BCUT2D eigenvalue weighted by Crippen LogP contribution is 2.28. The van der Waals surface area contributed by atoms with Crippen LogP contribution in [0.5, 0.6) is 0 Å². The third-order valence-electron chi connectivity index (χ3n) is 3.01. The van der Waals surface area contributed by atoms with Gasteiger partial charge in [0, 0.05) is 17.8 Å². The molecular weight excluding hydrogens is 404 g/mol. The Hall–Kier alpha value is -1.89. The van der Waals surface area contributed by atoms with Gasteiger partial charge in [0.15, 0.2) is 5.13 Å². The molecule has 25 heavy (non-hydrogen) atoms. The minimum absolute atomic E-state index is 0.109. The average Bonchev–Trinajstić information content (AvgIpc) is 3.24. The number of rotatable bonds is 6. The van der Waals surface area contributed by atoms with E-state index >= 15 is 0 Å². The molecule has 3 aromatic rings. The van der Waals surface area contributed by atoms with Crippen molar-refractivity contribution in [3.63, 3.8) is 0 Å². The van der Waals surface area contributed by atoms with Crippen LogP contribution in [-0.2, 0) is 26.4 Å². The molecule has 0 bridgehead atoms. The van der Waals surface area contributed by atoms with Crippen LogP contribution in [0.3, 0.4) is 0 Å². The van der Waals surface area contributed by atoms with Crippen LogP contribution in [0, 0.1) is 0 Å². The first-order chi connectivity index (χ1) is 11.8. The fraction of sp³-hybridized carbons (Fsp3) is 0.154. The number of benzene rings is 1. The first-order valence-electron chi connectivity index (χ1n) is 6.78. The lowest BCUT2D eigenvalue weighted by Crippen LogP contribution is -2.30. The quantitative estimate of drug-likeness (QED) is 0.602. The van der Waals surface area contributed by atoms with Crippen molar-refractivity contribution in [1.29, 1.82) is 0 Å². The number of sulfone groups is 1. The van der Waals surface area contributed by atoms with Gasteiger partial charge in [-0.05, 0) is 12.1 Å². The Balaban J connectivity index is 2.01. The zero-order chi connectivity index (χ0) is 18.1. The van der Waals surface area contributed by atoms with Crippen LogP contribution in [0.4, 0.5) is 5.13 Å². The molecule has 0 spiro atoms. The first-order valence-corrected chi connectivity index (χ1v) is 11.8. The summed E-state index contributed by atoms with van der Waals surface area (Å²) in [4.78, 5) is 4.17. The number of hydrogen-bond donors (Lipinski definition) is 0. The molecule has 0 atom stereocenters. The molecule has 12 heteroatoms. The number of thiazole rings is 1. The highest BCUT2D eigenvalue weighted by Gasteiger charge is 2.28. The highest BCUT2D eigenvalue weighted by molar-refractivity contribution is 7.93. The maximum Gasteiger partial charge on any atom is 0.266 e. The van der Waals surface area contributed by atoms with E-state index in [4.69, 9.17) is 0 Å². The van der Waals surface area contributed by atoms with Crippen molar-refractivity contribution >= 4 is 47.7 Å². The molecule has 0 N–H and O–H groups in total. The van der Waals surface area contributed by atoms with E-state index in [-0.39, 0.29) is 25.9 Å². The lowest BCUT2D eigenvalue weighted by molar-refractivity contribution is 0.589. The molecule has 0 saturated heterocycles. The SMILES string of the molecule is CS(=O)(=O)c1nnc(CN(c2nccs2)S(=O)(=O)c2ccccc2)s1. The molecule has 2 aromatic heterocycles. The largest absolute Gasteiger partial charge is 0.266 e. The molecule has 0 aliphatic rings. The second-order valence-electron chi connectivity index (χ2n) is 4.87. The summed E-state index contributed by atoms with van der Waals surface area (Å²) < 4.78 is 50.0. The van der Waals surface area contributed by atoms with Crippen LogP contribution in [0.1, 0.15) is 5.01 Å². The Morgan fingerprint density at radius 1 is 1.08 bits per heavy atom. The molecule has 132 valence electrons. The fourth-order valence-corrected chi connectivity index (χ4v) is 5.88. The lowest BCUT2D eigenvalue weighted by atomic mass is 10.4.